The van der Waals surface area contributed by atoms with Gasteiger partial charge in [-0.1, -0.05) is 33.1 Å². The Balaban J connectivity index is 2.47. The third-order valence-electron chi connectivity index (χ3n) is 5.28. The third-order valence-corrected chi connectivity index (χ3v) is 5.28. The molecule has 0 spiro atoms. The first-order valence-electron chi connectivity index (χ1n) is 10.0. The molecule has 6 nitrogen and oxygen atoms in total. The van der Waals surface area contributed by atoms with Crippen molar-refractivity contribution in [2.75, 3.05) is 13.6 Å². The first-order chi connectivity index (χ1) is 12.7. The second-order valence-electron chi connectivity index (χ2n) is 8.27. The highest BCUT2D eigenvalue weighted by Crippen LogP contribution is 2.28. The van der Waals surface area contributed by atoms with Gasteiger partial charge in [0.05, 0.1) is 0 Å². The molecule has 0 saturated heterocycles. The zero-order valence-corrected chi connectivity index (χ0v) is 17.2. The molecule has 6 heteroatoms. The van der Waals surface area contributed by atoms with Gasteiger partial charge in [0.25, 0.3) is 11.8 Å². The van der Waals surface area contributed by atoms with Crippen molar-refractivity contribution in [1.29, 1.82) is 0 Å². The van der Waals surface area contributed by atoms with Crippen molar-refractivity contribution in [3.8, 4) is 0 Å². The van der Waals surface area contributed by atoms with Crippen molar-refractivity contribution in [2.45, 2.75) is 71.9 Å². The average Bonchev–Trinajstić information content (AvgIpc) is 2.65. The number of nitrogens with zero attached hydrogens (tertiary/aromatic N) is 2. The summed E-state index contributed by atoms with van der Waals surface area (Å²) in [4.78, 5) is 40.0. The maximum absolute atomic E-state index is 12.9. The molecule has 0 bridgehead atoms. The van der Waals surface area contributed by atoms with Crippen LogP contribution in [0, 0.1) is 5.92 Å². The van der Waals surface area contributed by atoms with E-state index in [2.05, 4.69) is 5.32 Å². The van der Waals surface area contributed by atoms with Crippen LogP contribution >= 0.6 is 0 Å². The monoisotopic (exact) mass is 375 g/mol. The van der Waals surface area contributed by atoms with Crippen LogP contribution in [0.25, 0.3) is 0 Å². The van der Waals surface area contributed by atoms with Crippen molar-refractivity contribution in [3.05, 3.63) is 33.7 Å². The van der Waals surface area contributed by atoms with Gasteiger partial charge in [-0.15, -0.1) is 0 Å². The van der Waals surface area contributed by atoms with E-state index in [9.17, 15) is 14.4 Å². The van der Waals surface area contributed by atoms with E-state index in [1.54, 1.807) is 19.4 Å². The van der Waals surface area contributed by atoms with Gasteiger partial charge in [-0.2, -0.15) is 0 Å². The summed E-state index contributed by atoms with van der Waals surface area (Å²) in [6.45, 7) is 8.29. The van der Waals surface area contributed by atoms with E-state index in [1.165, 1.54) is 11.3 Å². The SMILES string of the molecule is CC(C)CNC(=O)c1cn(C2CCCCC2)cc(C(=O)N(C)C(C)C)c1=O. The zero-order valence-electron chi connectivity index (χ0n) is 17.2. The largest absolute Gasteiger partial charge is 0.352 e. The number of hydrogen-bond acceptors (Lipinski definition) is 3. The van der Waals surface area contributed by atoms with E-state index in [0.717, 1.165) is 25.7 Å². The van der Waals surface area contributed by atoms with Gasteiger partial charge in [0.1, 0.15) is 11.1 Å². The molecular formula is C21H33N3O3. The number of pyridine rings is 1. The van der Waals surface area contributed by atoms with Gasteiger partial charge in [0.15, 0.2) is 0 Å². The number of carbonyl (C=O) groups excluding carboxylic acids is 2. The van der Waals surface area contributed by atoms with Crippen LogP contribution < -0.4 is 10.7 Å². The summed E-state index contributed by atoms with van der Waals surface area (Å²) in [5, 5.41) is 2.81. The third kappa shape index (κ3) is 5.21. The van der Waals surface area contributed by atoms with Crippen molar-refractivity contribution in [3.63, 3.8) is 0 Å². The molecule has 1 aliphatic rings. The summed E-state index contributed by atoms with van der Waals surface area (Å²) in [5.74, 6) is -0.454. The molecule has 2 rings (SSSR count). The number of nitrogens with one attached hydrogen (secondary N) is 1. The maximum atomic E-state index is 12.9. The number of rotatable bonds is 6. The fourth-order valence-electron chi connectivity index (χ4n) is 3.32. The predicted octanol–water partition coefficient (Wildman–Crippen LogP) is 3.22. The highest BCUT2D eigenvalue weighted by atomic mass is 16.2. The molecule has 1 fully saturated rings. The van der Waals surface area contributed by atoms with Crippen LogP contribution in [-0.2, 0) is 0 Å². The molecular weight excluding hydrogens is 342 g/mol. The van der Waals surface area contributed by atoms with E-state index >= 15 is 0 Å². The molecule has 27 heavy (non-hydrogen) atoms. The molecule has 0 aromatic carbocycles. The Labute approximate surface area is 161 Å². The molecule has 0 radical (unpaired) electrons. The van der Waals surface area contributed by atoms with E-state index in [-0.39, 0.29) is 35.0 Å². The Kier molecular flexibility index (Phi) is 7.22. The Bertz CT molecular complexity index is 731. The van der Waals surface area contributed by atoms with E-state index in [0.29, 0.717) is 6.54 Å². The van der Waals surface area contributed by atoms with Gasteiger partial charge in [0.2, 0.25) is 5.43 Å². The van der Waals surface area contributed by atoms with Gasteiger partial charge in [-0.25, -0.2) is 0 Å². The molecule has 0 aliphatic heterocycles. The Morgan fingerprint density at radius 1 is 1.11 bits per heavy atom. The highest BCUT2D eigenvalue weighted by Gasteiger charge is 2.25. The average molecular weight is 376 g/mol. The minimum Gasteiger partial charge on any atom is -0.352 e. The van der Waals surface area contributed by atoms with Crippen molar-refractivity contribution < 1.29 is 9.59 Å². The number of hydrogen-bond donors (Lipinski definition) is 1. The molecule has 2 amide bonds. The minimum absolute atomic E-state index is 0.0292. The van der Waals surface area contributed by atoms with Gasteiger partial charge in [-0.05, 0) is 32.6 Å². The first kappa shape index (κ1) is 21.2. The van der Waals surface area contributed by atoms with E-state index < -0.39 is 11.3 Å². The molecule has 1 N–H and O–H groups in total. The lowest BCUT2D eigenvalue weighted by molar-refractivity contribution is 0.0752. The lowest BCUT2D eigenvalue weighted by Crippen LogP contribution is -2.39. The molecule has 1 aromatic heterocycles. The molecule has 1 aromatic rings. The molecule has 1 heterocycles. The Hall–Kier alpha value is -2.11. The summed E-state index contributed by atoms with van der Waals surface area (Å²) < 4.78 is 1.92. The van der Waals surface area contributed by atoms with Gasteiger partial charge in [0, 0.05) is 38.1 Å². The summed E-state index contributed by atoms with van der Waals surface area (Å²) in [7, 11) is 1.68. The molecule has 1 aliphatic carbocycles. The molecule has 150 valence electrons. The molecule has 0 atom stereocenters. The zero-order chi connectivity index (χ0) is 20.1. The first-order valence-corrected chi connectivity index (χ1v) is 10.0. The van der Waals surface area contributed by atoms with Crippen LogP contribution in [0.15, 0.2) is 17.2 Å². The van der Waals surface area contributed by atoms with Crippen molar-refractivity contribution in [2.24, 2.45) is 5.92 Å². The second-order valence-corrected chi connectivity index (χ2v) is 8.27. The van der Waals surface area contributed by atoms with Gasteiger partial charge < -0.3 is 14.8 Å². The molecule has 0 unspecified atom stereocenters. The van der Waals surface area contributed by atoms with Crippen molar-refractivity contribution >= 4 is 11.8 Å². The van der Waals surface area contributed by atoms with Crippen LogP contribution in [0.2, 0.25) is 0 Å². The summed E-state index contributed by atoms with van der Waals surface area (Å²) in [6, 6.07) is 0.199. The summed E-state index contributed by atoms with van der Waals surface area (Å²) in [5.41, 5.74) is -0.348. The summed E-state index contributed by atoms with van der Waals surface area (Å²) in [6.07, 6.45) is 8.76. The normalized spacial score (nSPS) is 15.2. The maximum Gasteiger partial charge on any atom is 0.259 e. The summed E-state index contributed by atoms with van der Waals surface area (Å²) >= 11 is 0. The van der Waals surface area contributed by atoms with Crippen LogP contribution in [0.1, 0.15) is 86.6 Å². The number of aromatic nitrogens is 1. The van der Waals surface area contributed by atoms with Gasteiger partial charge >= 0.3 is 0 Å². The number of amides is 2. The fourth-order valence-corrected chi connectivity index (χ4v) is 3.32. The van der Waals surface area contributed by atoms with E-state index in [1.807, 2.05) is 32.3 Å². The minimum atomic E-state index is -0.485. The smallest absolute Gasteiger partial charge is 0.259 e. The Morgan fingerprint density at radius 3 is 2.26 bits per heavy atom. The lowest BCUT2D eigenvalue weighted by Gasteiger charge is -2.27. The Morgan fingerprint density at radius 2 is 1.70 bits per heavy atom. The fraction of sp³-hybridized carbons (Fsp3) is 0.667. The highest BCUT2D eigenvalue weighted by molar-refractivity contribution is 5.99. The second kappa shape index (κ2) is 9.20. The number of carbonyl (C=O) groups is 2. The van der Waals surface area contributed by atoms with Gasteiger partial charge in [-0.3, -0.25) is 14.4 Å². The quantitative estimate of drug-likeness (QED) is 0.830. The topological polar surface area (TPSA) is 71.4 Å². The lowest BCUT2D eigenvalue weighted by atomic mass is 9.95. The van der Waals surface area contributed by atoms with Crippen LogP contribution in [0.4, 0.5) is 0 Å². The van der Waals surface area contributed by atoms with Crippen LogP contribution in [0.5, 0.6) is 0 Å². The molecule has 1 saturated carbocycles. The van der Waals surface area contributed by atoms with Crippen LogP contribution in [0.3, 0.4) is 0 Å². The van der Waals surface area contributed by atoms with E-state index in [4.69, 9.17) is 0 Å². The predicted molar refractivity (Wildman–Crippen MR) is 107 cm³/mol. The van der Waals surface area contributed by atoms with Crippen LogP contribution in [-0.4, -0.2) is 40.9 Å². The standard InChI is InChI=1S/C21H33N3O3/c1-14(2)11-22-20(26)17-12-24(16-9-7-6-8-10-16)13-18(19(17)25)21(27)23(5)15(3)4/h12-16H,6-11H2,1-5H3,(H,22,26). The van der Waals surface area contributed by atoms with Crippen molar-refractivity contribution in [1.82, 2.24) is 14.8 Å².